The van der Waals surface area contributed by atoms with Crippen LogP contribution in [0.5, 0.6) is 0 Å². The zero-order valence-electron chi connectivity index (χ0n) is 17.1. The maximum absolute atomic E-state index is 11.9. The number of primary amides is 1. The third-order valence-corrected chi connectivity index (χ3v) is 4.57. The van der Waals surface area contributed by atoms with Crippen molar-refractivity contribution < 1.29 is 14.7 Å². The molecule has 2 aromatic rings. The Kier molecular flexibility index (Phi) is 8.67. The number of nitrogens with two attached hydrogens (primary N) is 2. The van der Waals surface area contributed by atoms with Gasteiger partial charge in [0.1, 0.15) is 5.84 Å². The first kappa shape index (κ1) is 24.8. The van der Waals surface area contributed by atoms with Gasteiger partial charge in [-0.05, 0) is 61.7 Å². The van der Waals surface area contributed by atoms with Crippen LogP contribution in [-0.2, 0) is 11.2 Å². The van der Waals surface area contributed by atoms with E-state index in [4.69, 9.17) is 16.9 Å². The SMILES string of the molecule is CCc1cc(C(Nc2ccc(C(=N)N)cc2)C(=O)[O-])ccc1N(C(N)=O)C(C)C.Cl. The van der Waals surface area contributed by atoms with Crippen molar-refractivity contribution >= 4 is 41.6 Å². The van der Waals surface area contributed by atoms with Crippen molar-refractivity contribution in [3.05, 3.63) is 59.2 Å². The lowest BCUT2D eigenvalue weighted by Gasteiger charge is -2.28. The van der Waals surface area contributed by atoms with Crippen LogP contribution < -0.4 is 26.8 Å². The van der Waals surface area contributed by atoms with Crippen LogP contribution >= 0.6 is 12.4 Å². The van der Waals surface area contributed by atoms with E-state index in [1.165, 1.54) is 4.90 Å². The molecule has 1 atom stereocenters. The monoisotopic (exact) mass is 432 g/mol. The first-order valence-corrected chi connectivity index (χ1v) is 9.29. The predicted octanol–water partition coefficient (Wildman–Crippen LogP) is 2.15. The van der Waals surface area contributed by atoms with Crippen LogP contribution in [0.25, 0.3) is 0 Å². The van der Waals surface area contributed by atoms with E-state index in [1.54, 1.807) is 42.5 Å². The van der Waals surface area contributed by atoms with Gasteiger partial charge < -0.3 is 26.7 Å². The molecule has 0 aliphatic rings. The number of hydrogen-bond donors (Lipinski definition) is 4. The molecule has 0 saturated heterocycles. The lowest BCUT2D eigenvalue weighted by atomic mass is 9.99. The normalized spacial score (nSPS) is 11.3. The molecule has 162 valence electrons. The van der Waals surface area contributed by atoms with Crippen molar-refractivity contribution in [3.63, 3.8) is 0 Å². The maximum atomic E-state index is 11.9. The Labute approximate surface area is 182 Å². The largest absolute Gasteiger partial charge is 0.548 e. The number of nitrogen functional groups attached to an aromatic ring is 1. The highest BCUT2D eigenvalue weighted by molar-refractivity contribution is 5.95. The summed E-state index contributed by atoms with van der Waals surface area (Å²) in [5, 5.41) is 22.2. The number of benzene rings is 2. The molecule has 1 unspecified atom stereocenters. The molecule has 30 heavy (non-hydrogen) atoms. The van der Waals surface area contributed by atoms with Gasteiger partial charge in [-0.25, -0.2) is 4.79 Å². The smallest absolute Gasteiger partial charge is 0.319 e. The fraction of sp³-hybridized carbons (Fsp3) is 0.286. The molecule has 8 nitrogen and oxygen atoms in total. The number of carbonyl (C=O) groups is 2. The summed E-state index contributed by atoms with van der Waals surface area (Å²) in [5.41, 5.74) is 14.0. The van der Waals surface area contributed by atoms with E-state index in [0.29, 0.717) is 28.9 Å². The van der Waals surface area contributed by atoms with Crippen LogP contribution in [0.4, 0.5) is 16.2 Å². The summed E-state index contributed by atoms with van der Waals surface area (Å²) in [5.74, 6) is -1.36. The van der Waals surface area contributed by atoms with Gasteiger partial charge in [-0.2, -0.15) is 0 Å². The number of amidine groups is 1. The van der Waals surface area contributed by atoms with Crippen LogP contribution in [0.3, 0.4) is 0 Å². The Morgan fingerprint density at radius 1 is 1.13 bits per heavy atom. The van der Waals surface area contributed by atoms with Crippen molar-refractivity contribution in [3.8, 4) is 0 Å². The van der Waals surface area contributed by atoms with Gasteiger partial charge >= 0.3 is 6.03 Å². The van der Waals surface area contributed by atoms with Crippen LogP contribution in [0, 0.1) is 5.41 Å². The number of halogens is 1. The van der Waals surface area contributed by atoms with E-state index in [1.807, 2.05) is 20.8 Å². The third-order valence-electron chi connectivity index (χ3n) is 4.57. The molecule has 2 aromatic carbocycles. The van der Waals surface area contributed by atoms with Gasteiger partial charge in [-0.1, -0.05) is 19.1 Å². The molecule has 0 saturated carbocycles. The standard InChI is InChI=1S/C21H27N5O3.ClH/c1-4-13-11-15(7-10-17(13)26(12(2)3)21(24)29)18(20(27)28)25-16-8-5-14(6-9-16)19(22)23;/h5-12,18,25H,4H2,1-3H3,(H3,22,23)(H2,24,29)(H,27,28);1H/p-1. The average Bonchev–Trinajstić information content (AvgIpc) is 2.66. The minimum absolute atomic E-state index is 0. The molecule has 0 aromatic heterocycles. The first-order chi connectivity index (χ1) is 13.6. The molecular weight excluding hydrogens is 406 g/mol. The number of aryl methyl sites for hydroxylation is 1. The fourth-order valence-electron chi connectivity index (χ4n) is 3.15. The summed E-state index contributed by atoms with van der Waals surface area (Å²) in [6, 6.07) is 9.84. The minimum Gasteiger partial charge on any atom is -0.548 e. The molecule has 2 amide bonds. The number of hydrogen-bond acceptors (Lipinski definition) is 5. The van der Waals surface area contributed by atoms with Crippen LogP contribution in [0.15, 0.2) is 42.5 Å². The van der Waals surface area contributed by atoms with E-state index >= 15 is 0 Å². The van der Waals surface area contributed by atoms with Gasteiger partial charge in [-0.3, -0.25) is 10.3 Å². The Hall–Kier alpha value is -3.26. The Morgan fingerprint density at radius 3 is 2.17 bits per heavy atom. The topological polar surface area (TPSA) is 148 Å². The van der Waals surface area contributed by atoms with Gasteiger partial charge in [0.25, 0.3) is 0 Å². The van der Waals surface area contributed by atoms with Crippen molar-refractivity contribution in [1.82, 2.24) is 0 Å². The van der Waals surface area contributed by atoms with Gasteiger partial charge in [0.15, 0.2) is 0 Å². The lowest BCUT2D eigenvalue weighted by molar-refractivity contribution is -0.307. The van der Waals surface area contributed by atoms with E-state index in [9.17, 15) is 14.7 Å². The second-order valence-corrected chi connectivity index (χ2v) is 6.93. The molecule has 0 bridgehead atoms. The maximum Gasteiger partial charge on any atom is 0.319 e. The zero-order chi connectivity index (χ0) is 21.7. The summed E-state index contributed by atoms with van der Waals surface area (Å²) in [4.78, 5) is 25.1. The highest BCUT2D eigenvalue weighted by Gasteiger charge is 2.21. The summed E-state index contributed by atoms with van der Waals surface area (Å²) in [6.45, 7) is 5.63. The zero-order valence-corrected chi connectivity index (χ0v) is 18.0. The molecule has 0 aliphatic carbocycles. The number of nitrogens with zero attached hydrogens (tertiary/aromatic N) is 1. The fourth-order valence-corrected chi connectivity index (χ4v) is 3.15. The average molecular weight is 433 g/mol. The lowest BCUT2D eigenvalue weighted by Crippen LogP contribution is -2.41. The number of rotatable bonds is 8. The third kappa shape index (κ3) is 5.64. The quantitative estimate of drug-likeness (QED) is 0.372. The molecule has 0 aliphatic heterocycles. The van der Waals surface area contributed by atoms with E-state index in [-0.39, 0.29) is 24.3 Å². The Bertz CT molecular complexity index is 915. The number of urea groups is 1. The van der Waals surface area contributed by atoms with Gasteiger partial charge in [0.05, 0.1) is 12.0 Å². The van der Waals surface area contributed by atoms with Crippen LogP contribution in [0.2, 0.25) is 0 Å². The molecule has 0 heterocycles. The predicted molar refractivity (Wildman–Crippen MR) is 119 cm³/mol. The van der Waals surface area contributed by atoms with E-state index < -0.39 is 18.0 Å². The molecule has 0 spiro atoms. The first-order valence-electron chi connectivity index (χ1n) is 9.29. The molecule has 0 fully saturated rings. The van der Waals surface area contributed by atoms with Crippen molar-refractivity contribution in [2.75, 3.05) is 10.2 Å². The van der Waals surface area contributed by atoms with Crippen LogP contribution in [-0.4, -0.2) is 23.9 Å². The molecule has 2 rings (SSSR count). The number of aliphatic carboxylic acids is 1. The summed E-state index contributed by atoms with van der Waals surface area (Å²) in [6.07, 6.45) is 0.590. The van der Waals surface area contributed by atoms with Crippen LogP contribution in [0.1, 0.15) is 43.5 Å². The number of anilines is 2. The highest BCUT2D eigenvalue weighted by atomic mass is 35.5. The second-order valence-electron chi connectivity index (χ2n) is 6.93. The molecular formula is C21H27ClN5O3-. The Morgan fingerprint density at radius 2 is 1.73 bits per heavy atom. The molecule has 6 N–H and O–H groups in total. The number of amides is 2. The summed E-state index contributed by atoms with van der Waals surface area (Å²) >= 11 is 0. The van der Waals surface area contributed by atoms with Gasteiger partial charge in [0.2, 0.25) is 0 Å². The number of carboxylic acid groups (broad SMARTS) is 1. The molecule has 0 radical (unpaired) electrons. The van der Waals surface area contributed by atoms with E-state index in [2.05, 4.69) is 5.32 Å². The molecule has 9 heteroatoms. The highest BCUT2D eigenvalue weighted by Crippen LogP contribution is 2.28. The van der Waals surface area contributed by atoms with Crippen molar-refractivity contribution in [1.29, 1.82) is 5.41 Å². The van der Waals surface area contributed by atoms with E-state index in [0.717, 1.165) is 5.56 Å². The summed E-state index contributed by atoms with van der Waals surface area (Å²) in [7, 11) is 0. The van der Waals surface area contributed by atoms with Crippen molar-refractivity contribution in [2.45, 2.75) is 39.3 Å². The van der Waals surface area contributed by atoms with Gasteiger partial charge in [-0.15, -0.1) is 12.4 Å². The number of nitrogens with one attached hydrogen (secondary N) is 2. The Balaban J connectivity index is 0.00000450. The second kappa shape index (κ2) is 10.5. The summed E-state index contributed by atoms with van der Waals surface area (Å²) < 4.78 is 0. The van der Waals surface area contributed by atoms with Gasteiger partial charge in [0, 0.05) is 23.0 Å². The number of carboxylic acids is 1. The van der Waals surface area contributed by atoms with Crippen molar-refractivity contribution in [2.24, 2.45) is 11.5 Å². The number of carbonyl (C=O) groups excluding carboxylic acids is 2. The minimum atomic E-state index is -1.29.